The van der Waals surface area contributed by atoms with Crippen LogP contribution >= 0.6 is 0 Å². The maximum absolute atomic E-state index is 12.3. The van der Waals surface area contributed by atoms with Gasteiger partial charge in [0, 0.05) is 32.9 Å². The third kappa shape index (κ3) is 2.51. The molecule has 0 radical (unpaired) electrons. The maximum Gasteiger partial charge on any atom is 0.270 e. The van der Waals surface area contributed by atoms with Gasteiger partial charge in [-0.25, -0.2) is 0 Å². The number of carbonyl (C=O) groups excluding carboxylic acids is 1. The first-order chi connectivity index (χ1) is 8.49. The Bertz CT molecular complexity index is 440. The Kier molecular flexibility index (Phi) is 3.61. The van der Waals surface area contributed by atoms with E-state index in [1.807, 2.05) is 14.1 Å². The summed E-state index contributed by atoms with van der Waals surface area (Å²) < 4.78 is 1.78. The summed E-state index contributed by atoms with van der Waals surface area (Å²) in [5.74, 6) is 0.0366. The number of nitrogen functional groups attached to an aromatic ring is 1. The van der Waals surface area contributed by atoms with Gasteiger partial charge in [0.25, 0.3) is 5.91 Å². The van der Waals surface area contributed by atoms with Gasteiger partial charge in [0.15, 0.2) is 0 Å². The summed E-state index contributed by atoms with van der Waals surface area (Å²) in [5.41, 5.74) is 6.98. The lowest BCUT2D eigenvalue weighted by molar-refractivity contribution is 0.0752. The SMILES string of the molecule is CN(CC1CCCN1C)C(=O)c1cc(N)cn1C. The van der Waals surface area contributed by atoms with Gasteiger partial charge in [0.1, 0.15) is 5.69 Å². The molecule has 1 unspecified atom stereocenters. The molecule has 0 aromatic carbocycles. The summed E-state index contributed by atoms with van der Waals surface area (Å²) in [6.45, 7) is 1.91. The van der Waals surface area contributed by atoms with Crippen LogP contribution in [0.15, 0.2) is 12.3 Å². The van der Waals surface area contributed by atoms with E-state index in [0.29, 0.717) is 17.4 Å². The fraction of sp³-hybridized carbons (Fsp3) is 0.615. The first kappa shape index (κ1) is 13.0. The second kappa shape index (κ2) is 5.02. The normalized spacial score (nSPS) is 20.3. The molecule has 1 saturated heterocycles. The Hall–Kier alpha value is -1.49. The smallest absolute Gasteiger partial charge is 0.270 e. The molecule has 0 spiro atoms. The lowest BCUT2D eigenvalue weighted by Gasteiger charge is -2.25. The summed E-state index contributed by atoms with van der Waals surface area (Å²) in [4.78, 5) is 16.4. The summed E-state index contributed by atoms with van der Waals surface area (Å²) in [7, 11) is 5.83. The molecule has 1 atom stereocenters. The van der Waals surface area contributed by atoms with Crippen molar-refractivity contribution in [2.45, 2.75) is 18.9 Å². The Morgan fingerprint density at radius 1 is 1.56 bits per heavy atom. The highest BCUT2D eigenvalue weighted by Crippen LogP contribution is 2.17. The first-order valence-electron chi connectivity index (χ1n) is 6.36. The van der Waals surface area contributed by atoms with Gasteiger partial charge in [0.2, 0.25) is 0 Å². The van der Waals surface area contributed by atoms with Crippen molar-refractivity contribution in [2.24, 2.45) is 7.05 Å². The number of aromatic nitrogens is 1. The van der Waals surface area contributed by atoms with E-state index in [9.17, 15) is 4.79 Å². The summed E-state index contributed by atoms with van der Waals surface area (Å²) in [6, 6.07) is 2.22. The molecular formula is C13H22N4O. The highest BCUT2D eigenvalue weighted by molar-refractivity contribution is 5.93. The van der Waals surface area contributed by atoms with E-state index in [-0.39, 0.29) is 5.91 Å². The molecule has 1 aromatic heterocycles. The van der Waals surface area contributed by atoms with Crippen molar-refractivity contribution in [1.29, 1.82) is 0 Å². The van der Waals surface area contributed by atoms with Crippen LogP contribution < -0.4 is 5.73 Å². The molecule has 0 aliphatic carbocycles. The van der Waals surface area contributed by atoms with E-state index >= 15 is 0 Å². The van der Waals surface area contributed by atoms with E-state index in [1.54, 1.807) is 21.7 Å². The molecule has 5 heteroatoms. The monoisotopic (exact) mass is 250 g/mol. The van der Waals surface area contributed by atoms with Gasteiger partial charge in [0.05, 0.1) is 5.69 Å². The highest BCUT2D eigenvalue weighted by atomic mass is 16.2. The number of anilines is 1. The number of hydrogen-bond acceptors (Lipinski definition) is 3. The number of likely N-dealkylation sites (tertiary alicyclic amines) is 1. The van der Waals surface area contributed by atoms with Gasteiger partial charge in [-0.3, -0.25) is 4.79 Å². The van der Waals surface area contributed by atoms with Crippen LogP contribution in [0, 0.1) is 0 Å². The Labute approximate surface area is 108 Å². The van der Waals surface area contributed by atoms with Crippen LogP contribution in [0.1, 0.15) is 23.3 Å². The average molecular weight is 250 g/mol. The van der Waals surface area contributed by atoms with Gasteiger partial charge in [-0.1, -0.05) is 0 Å². The highest BCUT2D eigenvalue weighted by Gasteiger charge is 2.25. The molecule has 1 aliphatic heterocycles. The zero-order chi connectivity index (χ0) is 13.3. The minimum atomic E-state index is 0.0366. The van der Waals surface area contributed by atoms with Gasteiger partial charge in [-0.2, -0.15) is 0 Å². The van der Waals surface area contributed by atoms with E-state index < -0.39 is 0 Å². The van der Waals surface area contributed by atoms with Crippen molar-refractivity contribution >= 4 is 11.6 Å². The number of aryl methyl sites for hydroxylation is 1. The Morgan fingerprint density at radius 2 is 2.28 bits per heavy atom. The van der Waals surface area contributed by atoms with E-state index in [2.05, 4.69) is 11.9 Å². The minimum absolute atomic E-state index is 0.0366. The molecule has 1 fully saturated rings. The number of nitrogens with zero attached hydrogens (tertiary/aromatic N) is 3. The molecule has 1 aliphatic rings. The molecule has 2 N–H and O–H groups in total. The van der Waals surface area contributed by atoms with Crippen molar-refractivity contribution in [2.75, 3.05) is 32.9 Å². The fourth-order valence-electron chi connectivity index (χ4n) is 2.61. The van der Waals surface area contributed by atoms with Crippen LogP contribution in [0.5, 0.6) is 0 Å². The molecule has 18 heavy (non-hydrogen) atoms. The Balaban J connectivity index is 2.02. The van der Waals surface area contributed by atoms with Crippen LogP contribution in [0.3, 0.4) is 0 Å². The molecule has 1 amide bonds. The van der Waals surface area contributed by atoms with E-state index in [0.717, 1.165) is 13.1 Å². The zero-order valence-corrected chi connectivity index (χ0v) is 11.4. The van der Waals surface area contributed by atoms with Crippen molar-refractivity contribution in [1.82, 2.24) is 14.4 Å². The standard InChI is InChI=1S/C13H22N4O/c1-15-6-4-5-11(15)9-17(3)13(18)12-7-10(14)8-16(12)2/h7-8,11H,4-6,9,14H2,1-3H3. The summed E-state index contributed by atoms with van der Waals surface area (Å²) in [5, 5.41) is 0. The van der Waals surface area contributed by atoms with E-state index in [4.69, 9.17) is 5.73 Å². The molecule has 0 saturated carbocycles. The molecule has 5 nitrogen and oxygen atoms in total. The summed E-state index contributed by atoms with van der Waals surface area (Å²) >= 11 is 0. The summed E-state index contributed by atoms with van der Waals surface area (Å²) in [6.07, 6.45) is 4.16. The quantitative estimate of drug-likeness (QED) is 0.862. The van der Waals surface area contributed by atoms with Gasteiger partial charge >= 0.3 is 0 Å². The van der Waals surface area contributed by atoms with E-state index in [1.165, 1.54) is 12.8 Å². The lowest BCUT2D eigenvalue weighted by atomic mass is 10.2. The predicted molar refractivity (Wildman–Crippen MR) is 72.4 cm³/mol. The van der Waals surface area contributed by atoms with Gasteiger partial charge in [-0.15, -0.1) is 0 Å². The molecule has 2 rings (SSSR count). The van der Waals surface area contributed by atoms with Crippen molar-refractivity contribution < 1.29 is 4.79 Å². The van der Waals surface area contributed by atoms with Crippen LogP contribution in [0.4, 0.5) is 5.69 Å². The van der Waals surface area contributed by atoms with Gasteiger partial charge < -0.3 is 20.1 Å². The number of likely N-dealkylation sites (N-methyl/N-ethyl adjacent to an activating group) is 2. The number of nitrogens with two attached hydrogens (primary N) is 1. The second-order valence-corrected chi connectivity index (χ2v) is 5.23. The van der Waals surface area contributed by atoms with Crippen molar-refractivity contribution in [3.8, 4) is 0 Å². The molecule has 1 aromatic rings. The number of hydrogen-bond donors (Lipinski definition) is 1. The number of rotatable bonds is 3. The van der Waals surface area contributed by atoms with Crippen LogP contribution in [-0.4, -0.2) is 53.5 Å². The largest absolute Gasteiger partial charge is 0.397 e. The molecule has 100 valence electrons. The second-order valence-electron chi connectivity index (χ2n) is 5.23. The third-order valence-corrected chi connectivity index (χ3v) is 3.75. The molecule has 2 heterocycles. The zero-order valence-electron chi connectivity index (χ0n) is 11.4. The first-order valence-corrected chi connectivity index (χ1v) is 6.36. The topological polar surface area (TPSA) is 54.5 Å². The fourth-order valence-corrected chi connectivity index (χ4v) is 2.61. The lowest BCUT2D eigenvalue weighted by Crippen LogP contribution is -2.40. The molecule has 0 bridgehead atoms. The maximum atomic E-state index is 12.3. The third-order valence-electron chi connectivity index (χ3n) is 3.75. The Morgan fingerprint density at radius 3 is 2.78 bits per heavy atom. The number of amides is 1. The minimum Gasteiger partial charge on any atom is -0.397 e. The van der Waals surface area contributed by atoms with Crippen molar-refractivity contribution in [3.05, 3.63) is 18.0 Å². The number of carbonyl (C=O) groups is 1. The molecular weight excluding hydrogens is 228 g/mol. The van der Waals surface area contributed by atoms with Crippen LogP contribution in [0.2, 0.25) is 0 Å². The average Bonchev–Trinajstić information content (AvgIpc) is 2.85. The van der Waals surface area contributed by atoms with Crippen LogP contribution in [-0.2, 0) is 7.05 Å². The predicted octanol–water partition coefficient (Wildman–Crippen LogP) is 0.773. The van der Waals surface area contributed by atoms with Gasteiger partial charge in [-0.05, 0) is 32.5 Å². The van der Waals surface area contributed by atoms with Crippen molar-refractivity contribution in [3.63, 3.8) is 0 Å². The van der Waals surface area contributed by atoms with Crippen LogP contribution in [0.25, 0.3) is 0 Å².